The molecule has 2 amide bonds. The topological polar surface area (TPSA) is 159 Å². The van der Waals surface area contributed by atoms with E-state index in [1.54, 1.807) is 36.4 Å². The van der Waals surface area contributed by atoms with E-state index in [1.807, 2.05) is 21.7 Å². The fraction of sp³-hybridized carbons (Fsp3) is 0.323. The number of carbonyl (C=O) groups excluding carboxylic acids is 2. The van der Waals surface area contributed by atoms with Crippen LogP contribution < -0.4 is 11.1 Å². The van der Waals surface area contributed by atoms with Gasteiger partial charge in [0.05, 0.1) is 23.1 Å². The first-order chi connectivity index (χ1) is 20.9. The second kappa shape index (κ2) is 12.0. The molecule has 6 rings (SSSR count). The molecule has 0 spiro atoms. The maximum atomic E-state index is 13.0. The Morgan fingerprint density at radius 2 is 1.98 bits per heavy atom. The van der Waals surface area contributed by atoms with Gasteiger partial charge in [0.15, 0.2) is 5.65 Å². The molecule has 0 radical (unpaired) electrons. The molecule has 4 heterocycles. The first-order valence-electron chi connectivity index (χ1n) is 14.3. The number of rotatable bonds is 8. The number of anilines is 2. The normalized spacial score (nSPS) is 17.0. The fourth-order valence-corrected chi connectivity index (χ4v) is 5.43. The molecule has 3 N–H and O–H groups in total. The Labute approximate surface area is 248 Å². The molecule has 12 heteroatoms. The summed E-state index contributed by atoms with van der Waals surface area (Å²) in [5.74, 6) is 0.252. The first kappa shape index (κ1) is 28.0. The number of aromatic nitrogens is 5. The number of hydrogen-bond donors (Lipinski definition) is 2. The van der Waals surface area contributed by atoms with Gasteiger partial charge in [-0.3, -0.25) is 14.5 Å². The summed E-state index contributed by atoms with van der Waals surface area (Å²) in [6.45, 7) is 1.98. The summed E-state index contributed by atoms with van der Waals surface area (Å²) in [7, 11) is 2.09. The van der Waals surface area contributed by atoms with Crippen molar-refractivity contribution in [3.05, 3.63) is 72.2 Å². The average molecular weight is 577 g/mol. The third-order valence-corrected chi connectivity index (χ3v) is 7.95. The molecule has 43 heavy (non-hydrogen) atoms. The molecule has 4 aromatic rings. The summed E-state index contributed by atoms with van der Waals surface area (Å²) in [5, 5.41) is 17.4. The van der Waals surface area contributed by atoms with Crippen LogP contribution in [0.1, 0.15) is 47.6 Å². The van der Waals surface area contributed by atoms with Crippen molar-refractivity contribution in [3.8, 4) is 17.3 Å². The summed E-state index contributed by atoms with van der Waals surface area (Å²) in [4.78, 5) is 42.8. The quantitative estimate of drug-likeness (QED) is 0.300. The smallest absolute Gasteiger partial charge is 0.256 e. The van der Waals surface area contributed by atoms with Gasteiger partial charge >= 0.3 is 0 Å². The van der Waals surface area contributed by atoms with E-state index in [0.717, 1.165) is 24.9 Å². The number of pyridine rings is 1. The highest BCUT2D eigenvalue weighted by Gasteiger charge is 2.29. The summed E-state index contributed by atoms with van der Waals surface area (Å²) in [5.41, 5.74) is 9.11. The lowest BCUT2D eigenvalue weighted by molar-refractivity contribution is -0.127. The average Bonchev–Trinajstić information content (AvgIpc) is 3.81. The third kappa shape index (κ3) is 6.07. The number of benzene rings is 1. The highest BCUT2D eigenvalue weighted by molar-refractivity contribution is 6.04. The number of likely N-dealkylation sites (N-methyl/N-ethyl adjacent to an activating group) is 1. The van der Waals surface area contributed by atoms with Crippen LogP contribution in [0.3, 0.4) is 0 Å². The van der Waals surface area contributed by atoms with Crippen LogP contribution in [0, 0.1) is 11.3 Å². The van der Waals surface area contributed by atoms with Gasteiger partial charge in [0.1, 0.15) is 23.7 Å². The van der Waals surface area contributed by atoms with Gasteiger partial charge in [0, 0.05) is 49.1 Å². The molecule has 1 aromatic carbocycles. The van der Waals surface area contributed by atoms with Gasteiger partial charge in [-0.2, -0.15) is 10.4 Å². The Morgan fingerprint density at radius 3 is 2.74 bits per heavy atom. The molecular formula is C31H32N10O2. The van der Waals surface area contributed by atoms with Gasteiger partial charge in [-0.05, 0) is 57.0 Å². The monoisotopic (exact) mass is 576 g/mol. The Kier molecular flexibility index (Phi) is 7.81. The zero-order valence-corrected chi connectivity index (χ0v) is 23.8. The Morgan fingerprint density at radius 1 is 1.16 bits per heavy atom. The van der Waals surface area contributed by atoms with Crippen molar-refractivity contribution in [1.82, 2.24) is 34.5 Å². The number of hydrogen-bond acceptors (Lipinski definition) is 9. The van der Waals surface area contributed by atoms with Gasteiger partial charge in [-0.15, -0.1) is 0 Å². The van der Waals surface area contributed by atoms with E-state index in [4.69, 9.17) is 16.1 Å². The Hall–Kier alpha value is -5.15. The minimum atomic E-state index is -0.354. The molecule has 12 nitrogen and oxygen atoms in total. The van der Waals surface area contributed by atoms with E-state index in [-0.39, 0.29) is 17.9 Å². The first-order valence-corrected chi connectivity index (χ1v) is 14.3. The summed E-state index contributed by atoms with van der Waals surface area (Å²) in [6, 6.07) is 12.7. The van der Waals surface area contributed by atoms with Gasteiger partial charge in [-0.25, -0.2) is 19.6 Å². The summed E-state index contributed by atoms with van der Waals surface area (Å²) >= 11 is 0. The van der Waals surface area contributed by atoms with Gasteiger partial charge < -0.3 is 16.0 Å². The standard InChI is InChI=1S/C31H32N10O2/c1-39(23-10-11-23)14-3-5-26(42)40-15-2-4-24(18-40)41-30-27(29(33)35-19-36-30)28(38-41)21-6-8-22(9-7-21)31(43)37-25-16-20(17-32)12-13-34-25/h3,5-9,12-13,16,19,23-24H,2,4,10-11,14-15,18H2,1H3,(H2,33,35,36)(H,34,37,43)/t24-/m1/s1. The number of nitrogens with two attached hydrogens (primary N) is 1. The third-order valence-electron chi connectivity index (χ3n) is 7.95. The number of nitrogens with one attached hydrogen (secondary N) is 1. The Balaban J connectivity index is 1.21. The predicted octanol–water partition coefficient (Wildman–Crippen LogP) is 3.41. The molecule has 2 fully saturated rings. The number of likely N-dealkylation sites (tertiary alicyclic amines) is 1. The number of amides is 2. The van der Waals surface area contributed by atoms with Crippen molar-refractivity contribution in [3.63, 3.8) is 0 Å². The van der Waals surface area contributed by atoms with Crippen LogP contribution in [0.4, 0.5) is 11.6 Å². The molecule has 1 aliphatic heterocycles. The number of piperidine rings is 1. The maximum absolute atomic E-state index is 13.0. The van der Waals surface area contributed by atoms with Crippen molar-refractivity contribution >= 4 is 34.5 Å². The van der Waals surface area contributed by atoms with E-state index in [9.17, 15) is 9.59 Å². The fourth-order valence-electron chi connectivity index (χ4n) is 5.43. The number of nitriles is 1. The minimum absolute atomic E-state index is 0.00291. The van der Waals surface area contributed by atoms with Crippen LogP contribution in [-0.4, -0.2) is 79.1 Å². The van der Waals surface area contributed by atoms with Crippen molar-refractivity contribution < 1.29 is 9.59 Å². The molecule has 0 bridgehead atoms. The van der Waals surface area contributed by atoms with Crippen LogP contribution in [0.2, 0.25) is 0 Å². The van der Waals surface area contributed by atoms with E-state index >= 15 is 0 Å². The highest BCUT2D eigenvalue weighted by Crippen LogP contribution is 2.34. The highest BCUT2D eigenvalue weighted by atomic mass is 16.2. The van der Waals surface area contributed by atoms with Crippen LogP contribution in [-0.2, 0) is 4.79 Å². The van der Waals surface area contributed by atoms with Crippen molar-refractivity contribution in [2.24, 2.45) is 0 Å². The van der Waals surface area contributed by atoms with Gasteiger partial charge in [0.25, 0.3) is 5.91 Å². The Bertz CT molecular complexity index is 1740. The molecule has 3 aromatic heterocycles. The van der Waals surface area contributed by atoms with Crippen molar-refractivity contribution in [2.75, 3.05) is 37.7 Å². The van der Waals surface area contributed by atoms with Crippen molar-refractivity contribution in [1.29, 1.82) is 5.26 Å². The van der Waals surface area contributed by atoms with E-state index in [0.29, 0.717) is 58.6 Å². The van der Waals surface area contributed by atoms with Gasteiger partial charge in [-0.1, -0.05) is 18.2 Å². The van der Waals surface area contributed by atoms with Gasteiger partial charge in [0.2, 0.25) is 5.91 Å². The molecule has 218 valence electrons. The number of fused-ring (bicyclic) bond motifs is 1. The second-order valence-corrected chi connectivity index (χ2v) is 11.0. The molecule has 1 saturated carbocycles. The lowest BCUT2D eigenvalue weighted by Crippen LogP contribution is -2.40. The zero-order valence-electron chi connectivity index (χ0n) is 23.8. The molecule has 0 unspecified atom stereocenters. The predicted molar refractivity (Wildman–Crippen MR) is 162 cm³/mol. The molecule has 1 aliphatic carbocycles. The van der Waals surface area contributed by atoms with E-state index in [1.165, 1.54) is 31.4 Å². The molecule has 1 atom stereocenters. The number of nitrogens with zero attached hydrogens (tertiary/aromatic N) is 8. The van der Waals surface area contributed by atoms with Crippen LogP contribution in [0.25, 0.3) is 22.3 Å². The summed E-state index contributed by atoms with van der Waals surface area (Å²) in [6.07, 6.45) is 10.7. The second-order valence-electron chi connectivity index (χ2n) is 11.0. The molecular weight excluding hydrogens is 544 g/mol. The van der Waals surface area contributed by atoms with E-state index < -0.39 is 0 Å². The molecule has 2 aliphatic rings. The van der Waals surface area contributed by atoms with Crippen LogP contribution in [0.15, 0.2) is 61.1 Å². The van der Waals surface area contributed by atoms with E-state index in [2.05, 4.69) is 32.2 Å². The lowest BCUT2D eigenvalue weighted by Gasteiger charge is -2.32. The minimum Gasteiger partial charge on any atom is -0.383 e. The van der Waals surface area contributed by atoms with Crippen LogP contribution >= 0.6 is 0 Å². The maximum Gasteiger partial charge on any atom is 0.256 e. The largest absolute Gasteiger partial charge is 0.383 e. The zero-order chi connectivity index (χ0) is 29.9. The number of nitrogen functional groups attached to an aromatic ring is 1. The number of carbonyl (C=O) groups is 2. The lowest BCUT2D eigenvalue weighted by atomic mass is 10.1. The molecule has 1 saturated heterocycles. The SMILES string of the molecule is CN(CC=CC(=O)N1CCC[C@@H](n2nc(-c3ccc(C(=O)Nc4cc(C#N)ccn4)cc3)c3c(N)ncnc32)C1)C1CC1. The summed E-state index contributed by atoms with van der Waals surface area (Å²) < 4.78 is 1.86. The van der Waals surface area contributed by atoms with Crippen LogP contribution in [0.5, 0.6) is 0 Å². The van der Waals surface area contributed by atoms with Crippen molar-refractivity contribution in [2.45, 2.75) is 37.8 Å².